The predicted octanol–water partition coefficient (Wildman–Crippen LogP) is 2.30. The number of hydrogen-bond donors (Lipinski definition) is 1. The molecule has 110 valence electrons. The number of thioether (sulfide) groups is 1. The van der Waals surface area contributed by atoms with Gasteiger partial charge >= 0.3 is 5.97 Å². The molecule has 1 aromatic rings. The van der Waals surface area contributed by atoms with Crippen LogP contribution in [0.1, 0.15) is 22.1 Å². The van der Waals surface area contributed by atoms with Crippen LogP contribution in [0.3, 0.4) is 0 Å². The lowest BCUT2D eigenvalue weighted by atomic mass is 9.92. The van der Waals surface area contributed by atoms with Gasteiger partial charge in [-0.25, -0.2) is 0 Å². The van der Waals surface area contributed by atoms with Crippen molar-refractivity contribution in [2.75, 3.05) is 12.9 Å². The third kappa shape index (κ3) is 3.65. The summed E-state index contributed by atoms with van der Waals surface area (Å²) in [5.74, 6) is -0.707. The van der Waals surface area contributed by atoms with E-state index in [4.69, 9.17) is 0 Å². The fraction of sp³-hybridized carbons (Fsp3) is 0.357. The molecule has 1 unspecified atom stereocenters. The SMILES string of the molecule is COC(=O)CSC1=C(C#N)C(c2ccc(C)s2)CC(=O)N1. The van der Waals surface area contributed by atoms with Crippen LogP contribution >= 0.6 is 23.1 Å². The largest absolute Gasteiger partial charge is 0.468 e. The zero-order valence-electron chi connectivity index (χ0n) is 11.6. The first kappa shape index (κ1) is 15.6. The second-order valence-corrected chi connectivity index (χ2v) is 6.78. The second-order valence-electron chi connectivity index (χ2n) is 4.47. The van der Waals surface area contributed by atoms with Gasteiger partial charge < -0.3 is 10.1 Å². The van der Waals surface area contributed by atoms with E-state index in [9.17, 15) is 14.9 Å². The molecule has 0 fully saturated rings. The number of hydrogen-bond acceptors (Lipinski definition) is 6. The van der Waals surface area contributed by atoms with Crippen molar-refractivity contribution in [1.29, 1.82) is 5.26 Å². The molecule has 2 rings (SSSR count). The number of esters is 1. The number of nitriles is 1. The van der Waals surface area contributed by atoms with Crippen molar-refractivity contribution < 1.29 is 14.3 Å². The van der Waals surface area contributed by atoms with Crippen molar-refractivity contribution in [1.82, 2.24) is 5.32 Å². The Balaban J connectivity index is 2.30. The van der Waals surface area contributed by atoms with Crippen molar-refractivity contribution in [2.45, 2.75) is 19.3 Å². The number of ether oxygens (including phenoxy) is 1. The molecule has 0 saturated carbocycles. The maximum Gasteiger partial charge on any atom is 0.316 e. The highest BCUT2D eigenvalue weighted by atomic mass is 32.2. The van der Waals surface area contributed by atoms with Gasteiger partial charge in [-0.2, -0.15) is 5.26 Å². The van der Waals surface area contributed by atoms with E-state index in [1.54, 1.807) is 11.3 Å². The van der Waals surface area contributed by atoms with E-state index in [0.29, 0.717) is 10.6 Å². The van der Waals surface area contributed by atoms with E-state index in [1.165, 1.54) is 7.11 Å². The molecule has 1 atom stereocenters. The third-order valence-corrected chi connectivity index (χ3v) is 5.13. The van der Waals surface area contributed by atoms with Crippen LogP contribution in [0.15, 0.2) is 22.7 Å². The molecule has 7 heteroatoms. The van der Waals surface area contributed by atoms with Gasteiger partial charge in [0.25, 0.3) is 0 Å². The van der Waals surface area contributed by atoms with Gasteiger partial charge in [0.2, 0.25) is 5.91 Å². The summed E-state index contributed by atoms with van der Waals surface area (Å²) < 4.78 is 4.58. The smallest absolute Gasteiger partial charge is 0.316 e. The van der Waals surface area contributed by atoms with E-state index in [0.717, 1.165) is 21.5 Å². The van der Waals surface area contributed by atoms with Crippen LogP contribution in [-0.4, -0.2) is 24.7 Å². The number of nitrogens with one attached hydrogen (secondary N) is 1. The molecule has 1 amide bonds. The van der Waals surface area contributed by atoms with Crippen LogP contribution in [0, 0.1) is 18.3 Å². The molecule has 0 aliphatic carbocycles. The van der Waals surface area contributed by atoms with Crippen molar-refractivity contribution in [3.63, 3.8) is 0 Å². The van der Waals surface area contributed by atoms with Crippen LogP contribution in [0.25, 0.3) is 0 Å². The normalized spacial score (nSPS) is 18.1. The summed E-state index contributed by atoms with van der Waals surface area (Å²) in [7, 11) is 1.30. The minimum atomic E-state index is -0.395. The first-order valence-corrected chi connectivity index (χ1v) is 8.05. The monoisotopic (exact) mass is 322 g/mol. The first-order valence-electron chi connectivity index (χ1n) is 6.25. The third-order valence-electron chi connectivity index (χ3n) is 3.02. The van der Waals surface area contributed by atoms with Gasteiger partial charge in [-0.05, 0) is 19.1 Å². The Bertz CT molecular complexity index is 643. The lowest BCUT2D eigenvalue weighted by molar-refractivity contribution is -0.137. The number of thiophene rings is 1. The lowest BCUT2D eigenvalue weighted by Gasteiger charge is -2.23. The van der Waals surface area contributed by atoms with Gasteiger partial charge in [0.1, 0.15) is 0 Å². The topological polar surface area (TPSA) is 79.2 Å². The summed E-state index contributed by atoms with van der Waals surface area (Å²) in [6.45, 7) is 1.99. The molecule has 1 N–H and O–H groups in total. The van der Waals surface area contributed by atoms with E-state index in [-0.39, 0.29) is 24.0 Å². The summed E-state index contributed by atoms with van der Waals surface area (Å²) in [5.41, 5.74) is 0.505. The van der Waals surface area contributed by atoms with Crippen LogP contribution < -0.4 is 5.32 Å². The number of aryl methyl sites for hydroxylation is 1. The summed E-state index contributed by atoms with van der Waals surface area (Å²) in [6, 6.07) is 6.10. The summed E-state index contributed by atoms with van der Waals surface area (Å²) in [6.07, 6.45) is 0.255. The molecule has 0 aromatic carbocycles. The van der Waals surface area contributed by atoms with E-state index < -0.39 is 5.97 Å². The molecular weight excluding hydrogens is 308 g/mol. The Morgan fingerprint density at radius 3 is 2.95 bits per heavy atom. The molecule has 0 spiro atoms. The Hall–Kier alpha value is -1.78. The van der Waals surface area contributed by atoms with Gasteiger partial charge in [0.15, 0.2) is 0 Å². The van der Waals surface area contributed by atoms with E-state index in [2.05, 4.69) is 16.1 Å². The standard InChI is InChI=1S/C14H14N2O3S2/c1-8-3-4-11(21-8)9-5-12(17)16-14(10(9)6-15)20-7-13(18)19-2/h3-4,9H,5,7H2,1-2H3,(H,16,17). The van der Waals surface area contributed by atoms with Gasteiger partial charge in [0, 0.05) is 22.1 Å². The number of rotatable bonds is 4. The van der Waals surface area contributed by atoms with Crippen molar-refractivity contribution in [2.24, 2.45) is 0 Å². The minimum Gasteiger partial charge on any atom is -0.468 e. The van der Waals surface area contributed by atoms with Crippen molar-refractivity contribution >= 4 is 35.0 Å². The Morgan fingerprint density at radius 2 is 2.38 bits per heavy atom. The summed E-state index contributed by atoms with van der Waals surface area (Å²) in [5, 5.41) is 12.6. The zero-order valence-corrected chi connectivity index (χ0v) is 13.3. The van der Waals surface area contributed by atoms with Crippen molar-refractivity contribution in [3.8, 4) is 6.07 Å². The average molecular weight is 322 g/mol. The molecule has 2 heterocycles. The highest BCUT2D eigenvalue weighted by Crippen LogP contribution is 2.38. The summed E-state index contributed by atoms with van der Waals surface area (Å²) in [4.78, 5) is 25.2. The molecule has 5 nitrogen and oxygen atoms in total. The van der Waals surface area contributed by atoms with Crippen LogP contribution in [0.5, 0.6) is 0 Å². The second kappa shape index (κ2) is 6.78. The highest BCUT2D eigenvalue weighted by molar-refractivity contribution is 8.03. The average Bonchev–Trinajstić information content (AvgIpc) is 2.90. The quantitative estimate of drug-likeness (QED) is 0.861. The Labute approximate surface area is 131 Å². The van der Waals surface area contributed by atoms with Gasteiger partial charge in [0.05, 0.1) is 29.5 Å². The Morgan fingerprint density at radius 1 is 1.62 bits per heavy atom. The van der Waals surface area contributed by atoms with E-state index >= 15 is 0 Å². The fourth-order valence-electron chi connectivity index (χ4n) is 2.01. The van der Waals surface area contributed by atoms with Crippen LogP contribution in [-0.2, 0) is 14.3 Å². The molecule has 0 saturated heterocycles. The predicted molar refractivity (Wildman–Crippen MR) is 81.7 cm³/mol. The molecule has 0 radical (unpaired) electrons. The molecule has 1 aliphatic rings. The zero-order chi connectivity index (χ0) is 15.4. The van der Waals surface area contributed by atoms with Gasteiger partial charge in [-0.3, -0.25) is 9.59 Å². The first-order chi connectivity index (χ1) is 10.0. The van der Waals surface area contributed by atoms with E-state index in [1.807, 2.05) is 19.1 Å². The molecule has 21 heavy (non-hydrogen) atoms. The molecular formula is C14H14N2O3S2. The number of amides is 1. The van der Waals surface area contributed by atoms with Crippen molar-refractivity contribution in [3.05, 3.63) is 32.5 Å². The minimum absolute atomic E-state index is 0.0630. The maximum atomic E-state index is 11.9. The van der Waals surface area contributed by atoms with Gasteiger partial charge in [-0.1, -0.05) is 11.8 Å². The molecule has 1 aliphatic heterocycles. The van der Waals surface area contributed by atoms with Crippen LogP contribution in [0.2, 0.25) is 0 Å². The fourth-order valence-corrected chi connectivity index (χ4v) is 3.90. The maximum absolute atomic E-state index is 11.9. The number of methoxy groups -OCH3 is 1. The van der Waals surface area contributed by atoms with Crippen LogP contribution in [0.4, 0.5) is 0 Å². The van der Waals surface area contributed by atoms with Gasteiger partial charge in [-0.15, -0.1) is 11.3 Å². The lowest BCUT2D eigenvalue weighted by Crippen LogP contribution is -2.31. The Kier molecular flexibility index (Phi) is 5.04. The number of carbonyl (C=O) groups is 2. The number of nitrogens with zero attached hydrogens (tertiary/aromatic N) is 1. The highest BCUT2D eigenvalue weighted by Gasteiger charge is 2.30. The molecule has 1 aromatic heterocycles. The molecule has 0 bridgehead atoms. The number of carbonyl (C=O) groups excluding carboxylic acids is 2. The number of allylic oxidation sites excluding steroid dienone is 1. The summed E-state index contributed by atoms with van der Waals surface area (Å²) >= 11 is 2.71.